The molecule has 0 bridgehead atoms. The van der Waals surface area contributed by atoms with Crippen LogP contribution in [0.1, 0.15) is 13.8 Å². The van der Waals surface area contributed by atoms with Crippen LogP contribution < -0.4 is 0 Å². The van der Waals surface area contributed by atoms with Gasteiger partial charge in [-0.1, -0.05) is 0 Å². The Bertz CT molecular complexity index is 132. The van der Waals surface area contributed by atoms with Crippen molar-refractivity contribution in [3.8, 4) is 0 Å². The fourth-order valence-corrected chi connectivity index (χ4v) is 0.718. The number of ether oxygens (including phenoxy) is 1. The summed E-state index contributed by atoms with van der Waals surface area (Å²) in [7, 11) is -2.05. The summed E-state index contributed by atoms with van der Waals surface area (Å²) >= 11 is 0. The third kappa shape index (κ3) is 14.2. The summed E-state index contributed by atoms with van der Waals surface area (Å²) in [6.45, 7) is 7.48. The van der Waals surface area contributed by atoms with Gasteiger partial charge in [-0.15, -0.1) is 0 Å². The number of hydrogen-bond acceptors (Lipinski definition) is 1. The van der Waals surface area contributed by atoms with Gasteiger partial charge in [0, 0.05) is 7.11 Å². The van der Waals surface area contributed by atoms with E-state index in [1.165, 1.54) is 0 Å². The first-order valence-electron chi connectivity index (χ1n) is 4.38. The first-order chi connectivity index (χ1) is 6.18. The Kier molecular flexibility index (Phi) is 8.14. The Morgan fingerprint density at radius 3 is 1.43 bits per heavy atom. The van der Waals surface area contributed by atoms with Crippen LogP contribution in [0.15, 0.2) is 0 Å². The van der Waals surface area contributed by atoms with Crippen molar-refractivity contribution in [1.29, 1.82) is 0 Å². The lowest BCUT2D eigenvalue weighted by Gasteiger charge is -2.30. The molecular weight excluding hydrogens is 201 g/mol. The van der Waals surface area contributed by atoms with Crippen LogP contribution >= 0.6 is 0 Å². The first-order valence-corrected chi connectivity index (χ1v) is 4.38. The number of rotatable bonds is 4. The normalized spacial score (nSPS) is 12.0. The van der Waals surface area contributed by atoms with Crippen LogP contribution in [-0.2, 0) is 4.74 Å². The van der Waals surface area contributed by atoms with Gasteiger partial charge >= 0.3 is 7.25 Å². The maximum atomic E-state index is 9.75. The first kappa shape index (κ1) is 16.1. The fraction of sp³-hybridized carbons (Fsp3) is 1.00. The Balaban J connectivity index is 0. The Labute approximate surface area is 82.5 Å². The van der Waals surface area contributed by atoms with Crippen molar-refractivity contribution in [2.45, 2.75) is 13.8 Å². The molecule has 0 unspecified atom stereocenters. The van der Waals surface area contributed by atoms with E-state index < -0.39 is 7.25 Å². The molecule has 0 amide bonds. The second-order valence-electron chi connectivity index (χ2n) is 3.16. The van der Waals surface area contributed by atoms with Gasteiger partial charge in [-0.25, -0.2) is 0 Å². The average Bonchev–Trinajstić information content (AvgIpc) is 2.02. The summed E-state index contributed by atoms with van der Waals surface area (Å²) < 4.78 is 45.1. The minimum atomic E-state index is -6.00. The van der Waals surface area contributed by atoms with Crippen molar-refractivity contribution in [2.75, 3.05) is 34.0 Å². The van der Waals surface area contributed by atoms with E-state index in [1.807, 2.05) is 0 Å². The zero-order chi connectivity index (χ0) is 11.8. The fourth-order valence-electron chi connectivity index (χ4n) is 0.718. The van der Waals surface area contributed by atoms with E-state index in [-0.39, 0.29) is 0 Å². The van der Waals surface area contributed by atoms with E-state index in [0.29, 0.717) is 0 Å². The average molecular weight is 219 g/mol. The van der Waals surface area contributed by atoms with Crippen LogP contribution in [0.5, 0.6) is 0 Å². The van der Waals surface area contributed by atoms with Crippen LogP contribution in [0.25, 0.3) is 0 Å². The van der Waals surface area contributed by atoms with Gasteiger partial charge in [0.05, 0.1) is 20.1 Å². The second-order valence-corrected chi connectivity index (χ2v) is 3.16. The highest BCUT2D eigenvalue weighted by molar-refractivity contribution is 6.50. The van der Waals surface area contributed by atoms with Crippen LogP contribution in [-0.4, -0.2) is 45.7 Å². The van der Waals surface area contributed by atoms with E-state index in [9.17, 15) is 17.3 Å². The largest absolute Gasteiger partial charge is 0.673 e. The highest BCUT2D eigenvalue weighted by Gasteiger charge is 2.20. The van der Waals surface area contributed by atoms with Crippen molar-refractivity contribution >= 4 is 7.25 Å². The van der Waals surface area contributed by atoms with E-state index in [4.69, 9.17) is 4.74 Å². The lowest BCUT2D eigenvalue weighted by molar-refractivity contribution is -0.924. The molecule has 0 aliphatic carbocycles. The molecule has 14 heavy (non-hydrogen) atoms. The summed E-state index contributed by atoms with van der Waals surface area (Å²) in [5.74, 6) is 0. The molecule has 0 aliphatic heterocycles. The van der Waals surface area contributed by atoms with Gasteiger partial charge in [-0.3, -0.25) is 0 Å². The molecule has 0 saturated heterocycles. The van der Waals surface area contributed by atoms with Crippen molar-refractivity contribution in [2.24, 2.45) is 0 Å². The summed E-state index contributed by atoms with van der Waals surface area (Å²) in [5, 5.41) is 0. The number of quaternary nitrogens is 1. The van der Waals surface area contributed by atoms with Gasteiger partial charge in [0.1, 0.15) is 0 Å². The molecular formula is C7H18BF4NO. The zero-order valence-electron chi connectivity index (χ0n) is 9.07. The molecule has 2 nitrogen and oxygen atoms in total. The Morgan fingerprint density at radius 1 is 1.07 bits per heavy atom. The number of methoxy groups -OCH3 is 1. The molecule has 0 fully saturated rings. The molecule has 0 spiro atoms. The molecule has 0 aliphatic rings. The quantitative estimate of drug-likeness (QED) is 0.305. The van der Waals surface area contributed by atoms with Crippen molar-refractivity contribution < 1.29 is 26.5 Å². The van der Waals surface area contributed by atoms with E-state index in [1.54, 1.807) is 7.11 Å². The highest BCUT2D eigenvalue weighted by atomic mass is 19.5. The van der Waals surface area contributed by atoms with Crippen LogP contribution in [0, 0.1) is 0 Å². The number of hydrogen-bond donors (Lipinski definition) is 0. The van der Waals surface area contributed by atoms with E-state index >= 15 is 0 Å². The lowest BCUT2D eigenvalue weighted by atomic mass is 10.3. The van der Waals surface area contributed by atoms with Gasteiger partial charge in [-0.2, -0.15) is 0 Å². The molecule has 0 saturated carbocycles. The Hall–Kier alpha value is -0.295. The van der Waals surface area contributed by atoms with Crippen LogP contribution in [0.4, 0.5) is 17.3 Å². The summed E-state index contributed by atoms with van der Waals surface area (Å²) in [6, 6.07) is 0. The smallest absolute Gasteiger partial charge is 0.418 e. The zero-order valence-corrected chi connectivity index (χ0v) is 9.07. The molecule has 0 aromatic carbocycles. The molecule has 0 N–H and O–H groups in total. The van der Waals surface area contributed by atoms with Gasteiger partial charge in [0.2, 0.25) is 0 Å². The third-order valence-electron chi connectivity index (χ3n) is 1.97. The molecule has 7 heteroatoms. The van der Waals surface area contributed by atoms with Crippen LogP contribution in [0.2, 0.25) is 0 Å². The Morgan fingerprint density at radius 2 is 1.36 bits per heavy atom. The maximum Gasteiger partial charge on any atom is 0.673 e. The van der Waals surface area contributed by atoms with Gasteiger partial charge in [0.25, 0.3) is 0 Å². The SMILES string of the molecule is CC[N+](C)(CC)COC.F[B-](F)(F)F. The van der Waals surface area contributed by atoms with Gasteiger partial charge < -0.3 is 26.5 Å². The monoisotopic (exact) mass is 219 g/mol. The third-order valence-corrected chi connectivity index (χ3v) is 1.97. The maximum absolute atomic E-state index is 9.75. The lowest BCUT2D eigenvalue weighted by Crippen LogP contribution is -2.44. The predicted octanol–water partition coefficient (Wildman–Crippen LogP) is 2.38. The molecule has 0 heterocycles. The summed E-state index contributed by atoms with van der Waals surface area (Å²) in [5.41, 5.74) is 0. The minimum absolute atomic E-state index is 0.826. The van der Waals surface area contributed by atoms with Gasteiger partial charge in [-0.05, 0) is 13.8 Å². The molecule has 0 radical (unpaired) electrons. The van der Waals surface area contributed by atoms with E-state index in [2.05, 4.69) is 20.9 Å². The van der Waals surface area contributed by atoms with Crippen molar-refractivity contribution in [3.05, 3.63) is 0 Å². The minimum Gasteiger partial charge on any atom is -0.418 e. The number of nitrogens with zero attached hydrogens (tertiary/aromatic N) is 1. The topological polar surface area (TPSA) is 9.23 Å². The standard InChI is InChI=1S/C7H18NO.BF4/c1-5-8(3,6-2)7-9-4;2-1(3,4)5/h5-7H2,1-4H3;/q+1;-1. The molecule has 0 rings (SSSR count). The summed E-state index contributed by atoms with van der Waals surface area (Å²) in [4.78, 5) is 0. The van der Waals surface area contributed by atoms with Crippen molar-refractivity contribution in [1.82, 2.24) is 0 Å². The van der Waals surface area contributed by atoms with Crippen LogP contribution in [0.3, 0.4) is 0 Å². The van der Waals surface area contributed by atoms with E-state index in [0.717, 1.165) is 24.3 Å². The number of halogens is 4. The van der Waals surface area contributed by atoms with Crippen molar-refractivity contribution in [3.63, 3.8) is 0 Å². The highest BCUT2D eigenvalue weighted by Crippen LogP contribution is 2.06. The molecule has 0 atom stereocenters. The molecule has 0 aromatic rings. The molecule has 0 aromatic heterocycles. The molecule has 88 valence electrons. The summed E-state index contributed by atoms with van der Waals surface area (Å²) in [6.07, 6.45) is 0. The van der Waals surface area contributed by atoms with Gasteiger partial charge in [0.15, 0.2) is 6.73 Å². The second kappa shape index (κ2) is 7.06. The predicted molar refractivity (Wildman–Crippen MR) is 49.3 cm³/mol.